The van der Waals surface area contributed by atoms with Gasteiger partial charge >= 0.3 is 0 Å². The number of amides is 1. The van der Waals surface area contributed by atoms with Crippen LogP contribution in [0.2, 0.25) is 0 Å². The van der Waals surface area contributed by atoms with Gasteiger partial charge in [-0.2, -0.15) is 0 Å². The summed E-state index contributed by atoms with van der Waals surface area (Å²) < 4.78 is 0. The number of hydrogen-bond donors (Lipinski definition) is 2. The van der Waals surface area contributed by atoms with Crippen LogP contribution in [-0.2, 0) is 0 Å². The first kappa shape index (κ1) is 14.1. The highest BCUT2D eigenvalue weighted by Crippen LogP contribution is 2.27. The van der Waals surface area contributed by atoms with E-state index in [1.54, 1.807) is 12.1 Å². The molecule has 1 amide bonds. The summed E-state index contributed by atoms with van der Waals surface area (Å²) in [5.41, 5.74) is 1.48. The van der Waals surface area contributed by atoms with Crippen molar-refractivity contribution in [2.45, 2.75) is 18.9 Å². The molecule has 0 saturated carbocycles. The van der Waals surface area contributed by atoms with E-state index in [1.165, 1.54) is 25.9 Å². The summed E-state index contributed by atoms with van der Waals surface area (Å²) in [6.07, 6.45) is 2.39. The van der Waals surface area contributed by atoms with Crippen LogP contribution in [0.5, 0.6) is 0 Å². The van der Waals surface area contributed by atoms with Crippen molar-refractivity contribution in [1.82, 2.24) is 10.2 Å². The highest BCUT2D eigenvalue weighted by molar-refractivity contribution is 5.94. The third-order valence-electron chi connectivity index (χ3n) is 4.43. The van der Waals surface area contributed by atoms with Gasteiger partial charge in [0, 0.05) is 23.7 Å². The summed E-state index contributed by atoms with van der Waals surface area (Å²) in [6.45, 7) is 3.18. The van der Waals surface area contributed by atoms with Gasteiger partial charge in [0.25, 0.3) is 5.91 Å². The summed E-state index contributed by atoms with van der Waals surface area (Å²) >= 11 is 0. The lowest BCUT2D eigenvalue weighted by Gasteiger charge is -2.44. The minimum atomic E-state index is -0.151. The molecule has 0 aliphatic carbocycles. The monoisotopic (exact) mass is 284 g/mol. The van der Waals surface area contributed by atoms with Gasteiger partial charge in [0.1, 0.15) is 6.61 Å². The topological polar surface area (TPSA) is 52.6 Å². The van der Waals surface area contributed by atoms with Crippen molar-refractivity contribution in [3.05, 3.63) is 35.4 Å². The Labute approximate surface area is 125 Å². The molecule has 2 bridgehead atoms. The Morgan fingerprint density at radius 3 is 2.57 bits per heavy atom. The number of fused-ring (bicyclic) bond motifs is 3. The molecule has 4 nitrogen and oxygen atoms in total. The zero-order chi connectivity index (χ0) is 14.7. The van der Waals surface area contributed by atoms with E-state index in [9.17, 15) is 4.79 Å². The lowest BCUT2D eigenvalue weighted by Crippen LogP contribution is -2.57. The first-order chi connectivity index (χ1) is 10.3. The minimum Gasteiger partial charge on any atom is -0.384 e. The Hall–Kier alpha value is -1.83. The molecule has 3 aliphatic rings. The molecule has 3 heterocycles. The van der Waals surface area contributed by atoms with Crippen molar-refractivity contribution in [1.29, 1.82) is 0 Å². The maximum Gasteiger partial charge on any atom is 0.251 e. The van der Waals surface area contributed by atoms with Crippen molar-refractivity contribution >= 4 is 5.91 Å². The van der Waals surface area contributed by atoms with E-state index in [2.05, 4.69) is 22.1 Å². The van der Waals surface area contributed by atoms with E-state index >= 15 is 0 Å². The predicted molar refractivity (Wildman–Crippen MR) is 80.8 cm³/mol. The first-order valence-electron chi connectivity index (χ1n) is 7.49. The fourth-order valence-corrected chi connectivity index (χ4v) is 3.23. The highest BCUT2D eigenvalue weighted by Gasteiger charge is 2.34. The highest BCUT2D eigenvalue weighted by atomic mass is 16.2. The van der Waals surface area contributed by atoms with E-state index in [1.807, 2.05) is 12.1 Å². The number of rotatable bonds is 2. The summed E-state index contributed by atoms with van der Waals surface area (Å²) in [7, 11) is 0. The molecule has 0 spiro atoms. The maximum atomic E-state index is 12.3. The largest absolute Gasteiger partial charge is 0.384 e. The molecule has 4 rings (SSSR count). The Morgan fingerprint density at radius 2 is 2.00 bits per heavy atom. The fourth-order valence-electron chi connectivity index (χ4n) is 3.23. The molecule has 4 heteroatoms. The number of benzene rings is 1. The van der Waals surface area contributed by atoms with E-state index < -0.39 is 0 Å². The fraction of sp³-hybridized carbons (Fsp3) is 0.471. The zero-order valence-corrected chi connectivity index (χ0v) is 12.0. The number of piperidine rings is 3. The molecular weight excluding hydrogens is 264 g/mol. The van der Waals surface area contributed by atoms with Crippen molar-refractivity contribution in [2.75, 3.05) is 26.2 Å². The molecule has 3 saturated heterocycles. The van der Waals surface area contributed by atoms with Crippen LogP contribution in [-0.4, -0.2) is 48.2 Å². The van der Waals surface area contributed by atoms with Crippen LogP contribution in [0.15, 0.2) is 24.3 Å². The van der Waals surface area contributed by atoms with E-state index in [0.29, 0.717) is 11.5 Å². The van der Waals surface area contributed by atoms with Gasteiger partial charge < -0.3 is 15.3 Å². The molecule has 1 aromatic carbocycles. The number of carbonyl (C=O) groups excluding carboxylic acids is 1. The average Bonchev–Trinajstić information content (AvgIpc) is 2.54. The van der Waals surface area contributed by atoms with E-state index in [0.717, 1.165) is 12.1 Å². The Kier molecular flexibility index (Phi) is 4.23. The van der Waals surface area contributed by atoms with Crippen LogP contribution in [0.1, 0.15) is 28.8 Å². The van der Waals surface area contributed by atoms with Crippen LogP contribution in [0.25, 0.3) is 0 Å². The van der Waals surface area contributed by atoms with E-state index in [-0.39, 0.29) is 18.6 Å². The summed E-state index contributed by atoms with van der Waals surface area (Å²) in [4.78, 5) is 14.7. The van der Waals surface area contributed by atoms with Gasteiger partial charge in [0.05, 0.1) is 0 Å². The number of nitrogens with zero attached hydrogens (tertiary/aromatic N) is 1. The third kappa shape index (κ3) is 3.26. The number of aliphatic hydroxyl groups is 1. The van der Waals surface area contributed by atoms with Gasteiger partial charge in [0.2, 0.25) is 0 Å². The van der Waals surface area contributed by atoms with Crippen molar-refractivity contribution < 1.29 is 9.90 Å². The quantitative estimate of drug-likeness (QED) is 0.792. The molecule has 1 aromatic rings. The molecule has 3 fully saturated rings. The number of nitrogens with one attached hydrogen (secondary N) is 1. The van der Waals surface area contributed by atoms with Gasteiger partial charge in [0.15, 0.2) is 0 Å². The molecule has 3 aliphatic heterocycles. The van der Waals surface area contributed by atoms with Crippen LogP contribution in [0, 0.1) is 17.8 Å². The smallest absolute Gasteiger partial charge is 0.251 e. The van der Waals surface area contributed by atoms with E-state index in [4.69, 9.17) is 5.11 Å². The lowest BCUT2D eigenvalue weighted by molar-refractivity contribution is 0.0620. The van der Waals surface area contributed by atoms with Crippen LogP contribution < -0.4 is 5.32 Å². The van der Waals surface area contributed by atoms with Gasteiger partial charge in [-0.15, -0.1) is 0 Å². The second-order valence-corrected chi connectivity index (χ2v) is 5.76. The molecule has 0 radical (unpaired) electrons. The molecule has 1 atom stereocenters. The maximum absolute atomic E-state index is 12.3. The Balaban J connectivity index is 1.63. The SMILES string of the molecule is O=C(NC1CN2CCC1CC2)c1ccc(C#CCO)cc1. The van der Waals surface area contributed by atoms with Crippen LogP contribution in [0.4, 0.5) is 0 Å². The summed E-state index contributed by atoms with van der Waals surface area (Å²) in [5, 5.41) is 11.8. The van der Waals surface area contributed by atoms with Crippen LogP contribution in [0.3, 0.4) is 0 Å². The standard InChI is InChI=1S/C17H20N2O2/c20-11-1-2-13-3-5-15(6-4-13)17(21)18-16-12-19-9-7-14(16)8-10-19/h3-6,14,16,20H,7-12H2,(H,18,21). The van der Waals surface area contributed by atoms with Gasteiger partial charge in [-0.25, -0.2) is 0 Å². The molecule has 2 N–H and O–H groups in total. The van der Waals surface area contributed by atoms with Gasteiger partial charge in [-0.05, 0) is 56.1 Å². The predicted octanol–water partition coefficient (Wildman–Crippen LogP) is 0.854. The molecule has 1 unspecified atom stereocenters. The normalized spacial score (nSPS) is 26.8. The molecule has 21 heavy (non-hydrogen) atoms. The van der Waals surface area contributed by atoms with Gasteiger partial charge in [-0.1, -0.05) is 11.8 Å². The Bertz CT molecular complexity index is 563. The summed E-state index contributed by atoms with van der Waals surface area (Å²) in [5.74, 6) is 6.05. The average molecular weight is 284 g/mol. The van der Waals surface area contributed by atoms with Gasteiger partial charge in [-0.3, -0.25) is 4.79 Å². The molecular formula is C17H20N2O2. The minimum absolute atomic E-state index is 0.00424. The summed E-state index contributed by atoms with van der Waals surface area (Å²) in [6, 6.07) is 7.49. The number of hydrogen-bond acceptors (Lipinski definition) is 3. The van der Waals surface area contributed by atoms with Crippen molar-refractivity contribution in [3.8, 4) is 11.8 Å². The second kappa shape index (κ2) is 6.30. The lowest BCUT2D eigenvalue weighted by atomic mass is 9.84. The van der Waals surface area contributed by atoms with Crippen LogP contribution >= 0.6 is 0 Å². The first-order valence-corrected chi connectivity index (χ1v) is 7.49. The molecule has 110 valence electrons. The second-order valence-electron chi connectivity index (χ2n) is 5.76. The van der Waals surface area contributed by atoms with Crippen molar-refractivity contribution in [2.24, 2.45) is 5.92 Å². The zero-order valence-electron chi connectivity index (χ0n) is 12.0. The molecule has 0 aromatic heterocycles. The number of aliphatic hydroxyl groups excluding tert-OH is 1. The Morgan fingerprint density at radius 1 is 1.29 bits per heavy atom. The van der Waals surface area contributed by atoms with Crippen molar-refractivity contribution in [3.63, 3.8) is 0 Å². The number of carbonyl (C=O) groups is 1. The third-order valence-corrected chi connectivity index (χ3v) is 4.43.